The van der Waals surface area contributed by atoms with Crippen molar-refractivity contribution in [2.75, 3.05) is 0 Å². The molecule has 4 aliphatic rings. The van der Waals surface area contributed by atoms with Gasteiger partial charge in [0.25, 0.3) is 0 Å². The third-order valence-electron chi connectivity index (χ3n) is 11.5. The van der Waals surface area contributed by atoms with Crippen LogP contribution in [0.25, 0.3) is 0 Å². The smallest absolute Gasteiger partial charge is 0.0235 e. The zero-order chi connectivity index (χ0) is 23.3. The second-order valence-electron chi connectivity index (χ2n) is 12.9. The van der Waals surface area contributed by atoms with Gasteiger partial charge in [-0.3, -0.25) is 0 Å². The lowest BCUT2D eigenvalue weighted by atomic mass is 9.54. The highest BCUT2D eigenvalue weighted by atomic mass is 14.6. The van der Waals surface area contributed by atoms with Crippen LogP contribution in [0.2, 0.25) is 0 Å². The first-order valence-electron chi connectivity index (χ1n) is 15.4. The van der Waals surface area contributed by atoms with Gasteiger partial charge in [0.05, 0.1) is 0 Å². The third-order valence-corrected chi connectivity index (χ3v) is 11.5. The summed E-state index contributed by atoms with van der Waals surface area (Å²) in [5.74, 6) is 7.95. The molecular weight excluding hydrogens is 396 g/mol. The van der Waals surface area contributed by atoms with Crippen LogP contribution in [0.15, 0.2) is 25.3 Å². The van der Waals surface area contributed by atoms with Crippen LogP contribution in [-0.2, 0) is 0 Å². The summed E-state index contributed by atoms with van der Waals surface area (Å²) < 4.78 is 0. The minimum Gasteiger partial charge on any atom is -0.103 e. The Hall–Kier alpha value is -0.520. The van der Waals surface area contributed by atoms with Gasteiger partial charge < -0.3 is 0 Å². The quantitative estimate of drug-likeness (QED) is 0.258. The van der Waals surface area contributed by atoms with Gasteiger partial charge in [-0.15, -0.1) is 13.2 Å². The van der Waals surface area contributed by atoms with Crippen molar-refractivity contribution in [3.05, 3.63) is 25.3 Å². The van der Waals surface area contributed by atoms with Crippen LogP contribution in [-0.4, -0.2) is 0 Å². The SMILES string of the molecule is C=CCC1CC(C(CCCC)(CCCC)C2CC(CC=C)C3CCCCC32)C2CCCCC12. The van der Waals surface area contributed by atoms with E-state index in [1.165, 1.54) is 103 Å². The molecular formula is C33H56. The molecule has 0 heterocycles. The van der Waals surface area contributed by atoms with Crippen LogP contribution in [0, 0.1) is 52.8 Å². The van der Waals surface area contributed by atoms with Crippen LogP contribution in [0.4, 0.5) is 0 Å². The molecule has 0 amide bonds. The van der Waals surface area contributed by atoms with Gasteiger partial charge in [0.1, 0.15) is 0 Å². The molecule has 0 bridgehead atoms. The van der Waals surface area contributed by atoms with E-state index < -0.39 is 0 Å². The number of hydrogen-bond acceptors (Lipinski definition) is 0. The molecule has 4 rings (SSSR count). The van der Waals surface area contributed by atoms with Crippen LogP contribution < -0.4 is 0 Å². The Morgan fingerprint density at radius 2 is 1.03 bits per heavy atom. The molecule has 4 saturated carbocycles. The Kier molecular flexibility index (Phi) is 9.26. The van der Waals surface area contributed by atoms with Crippen molar-refractivity contribution in [2.45, 2.75) is 129 Å². The minimum atomic E-state index is 0.623. The largest absolute Gasteiger partial charge is 0.103 e. The number of fused-ring (bicyclic) bond motifs is 2. The van der Waals surface area contributed by atoms with Crippen molar-refractivity contribution in [1.82, 2.24) is 0 Å². The molecule has 4 fully saturated rings. The first-order chi connectivity index (χ1) is 16.2. The van der Waals surface area contributed by atoms with Gasteiger partial charge in [0.2, 0.25) is 0 Å². The zero-order valence-electron chi connectivity index (χ0n) is 22.4. The van der Waals surface area contributed by atoms with E-state index in [1.54, 1.807) is 12.8 Å². The minimum absolute atomic E-state index is 0.623. The van der Waals surface area contributed by atoms with E-state index in [1.807, 2.05) is 0 Å². The summed E-state index contributed by atoms with van der Waals surface area (Å²) in [7, 11) is 0. The van der Waals surface area contributed by atoms with Gasteiger partial charge in [-0.2, -0.15) is 0 Å². The molecule has 0 nitrogen and oxygen atoms in total. The molecule has 0 aromatic heterocycles. The third kappa shape index (κ3) is 5.07. The highest BCUT2D eigenvalue weighted by Gasteiger charge is 2.58. The van der Waals surface area contributed by atoms with Gasteiger partial charge in [0, 0.05) is 0 Å². The lowest BCUT2D eigenvalue weighted by Crippen LogP contribution is -2.44. The maximum absolute atomic E-state index is 4.20. The Morgan fingerprint density at radius 1 is 0.636 bits per heavy atom. The second kappa shape index (κ2) is 11.9. The Labute approximate surface area is 207 Å². The van der Waals surface area contributed by atoms with Gasteiger partial charge in [-0.25, -0.2) is 0 Å². The fourth-order valence-electron chi connectivity index (χ4n) is 10.3. The molecule has 0 heteroatoms. The van der Waals surface area contributed by atoms with E-state index in [4.69, 9.17) is 0 Å². The average molecular weight is 453 g/mol. The molecule has 0 aliphatic heterocycles. The van der Waals surface area contributed by atoms with E-state index in [2.05, 4.69) is 39.2 Å². The van der Waals surface area contributed by atoms with Crippen LogP contribution in [0.5, 0.6) is 0 Å². The van der Waals surface area contributed by atoms with Crippen molar-refractivity contribution in [2.24, 2.45) is 52.8 Å². The topological polar surface area (TPSA) is 0 Å². The molecule has 33 heavy (non-hydrogen) atoms. The molecule has 0 radical (unpaired) electrons. The van der Waals surface area contributed by atoms with Crippen LogP contribution in [0.1, 0.15) is 129 Å². The first kappa shape index (κ1) is 25.6. The maximum Gasteiger partial charge on any atom is -0.0235 e. The predicted octanol–water partition coefficient (Wildman–Crippen LogP) is 10.4. The number of unbranched alkanes of at least 4 members (excludes halogenated alkanes) is 2. The van der Waals surface area contributed by atoms with Gasteiger partial charge in [-0.05, 0) is 117 Å². The number of hydrogen-bond donors (Lipinski definition) is 0. The molecule has 8 atom stereocenters. The van der Waals surface area contributed by atoms with E-state index in [-0.39, 0.29) is 0 Å². The van der Waals surface area contributed by atoms with Crippen molar-refractivity contribution in [1.29, 1.82) is 0 Å². The average Bonchev–Trinajstić information content (AvgIpc) is 3.40. The van der Waals surface area contributed by atoms with Crippen molar-refractivity contribution < 1.29 is 0 Å². The molecule has 188 valence electrons. The lowest BCUT2D eigenvalue weighted by molar-refractivity contribution is -0.0228. The number of rotatable bonds is 12. The Balaban J connectivity index is 1.73. The Bertz CT molecular complexity index is 562. The van der Waals surface area contributed by atoms with E-state index in [9.17, 15) is 0 Å². The fourth-order valence-corrected chi connectivity index (χ4v) is 10.3. The summed E-state index contributed by atoms with van der Waals surface area (Å²) in [5.41, 5.74) is 0.623. The standard InChI is InChI=1S/C33H56/c1-5-9-21-33(22-10-6-2,31-23-25(15-7-3)27-17-11-13-19-29(27)31)32-24-26(16-8-4)28-18-12-14-20-30(28)32/h7-8,25-32H,3-6,9-24H2,1-2H3. The summed E-state index contributed by atoms with van der Waals surface area (Å²) in [4.78, 5) is 0. The summed E-state index contributed by atoms with van der Waals surface area (Å²) >= 11 is 0. The molecule has 8 unspecified atom stereocenters. The summed E-state index contributed by atoms with van der Waals surface area (Å²) in [6.45, 7) is 13.3. The van der Waals surface area contributed by atoms with Crippen LogP contribution in [0.3, 0.4) is 0 Å². The molecule has 4 aliphatic carbocycles. The van der Waals surface area contributed by atoms with E-state index in [0.717, 1.165) is 47.3 Å². The molecule has 0 spiro atoms. The highest BCUT2D eigenvalue weighted by Crippen LogP contribution is 2.66. The zero-order valence-corrected chi connectivity index (χ0v) is 22.4. The van der Waals surface area contributed by atoms with Crippen LogP contribution >= 0.6 is 0 Å². The molecule has 0 N–H and O–H groups in total. The summed E-state index contributed by atoms with van der Waals surface area (Å²) in [6.07, 6.45) is 31.0. The molecule has 0 aromatic carbocycles. The summed E-state index contributed by atoms with van der Waals surface area (Å²) in [5, 5.41) is 0. The van der Waals surface area contributed by atoms with Gasteiger partial charge in [0.15, 0.2) is 0 Å². The normalized spacial score (nSPS) is 38.6. The predicted molar refractivity (Wildman–Crippen MR) is 145 cm³/mol. The Morgan fingerprint density at radius 3 is 1.39 bits per heavy atom. The summed E-state index contributed by atoms with van der Waals surface area (Å²) in [6, 6.07) is 0. The maximum atomic E-state index is 4.20. The van der Waals surface area contributed by atoms with E-state index in [0.29, 0.717) is 5.41 Å². The van der Waals surface area contributed by atoms with Crippen molar-refractivity contribution in [3.63, 3.8) is 0 Å². The van der Waals surface area contributed by atoms with Crippen molar-refractivity contribution >= 4 is 0 Å². The highest BCUT2D eigenvalue weighted by molar-refractivity contribution is 5.08. The second-order valence-corrected chi connectivity index (χ2v) is 12.9. The van der Waals surface area contributed by atoms with Gasteiger partial charge >= 0.3 is 0 Å². The van der Waals surface area contributed by atoms with Gasteiger partial charge in [-0.1, -0.05) is 77.4 Å². The first-order valence-corrected chi connectivity index (χ1v) is 15.4. The lowest BCUT2D eigenvalue weighted by Gasteiger charge is -2.51. The number of allylic oxidation sites excluding steroid dienone is 2. The molecule has 0 saturated heterocycles. The van der Waals surface area contributed by atoms with Crippen molar-refractivity contribution in [3.8, 4) is 0 Å². The molecule has 0 aromatic rings. The fraction of sp³-hybridized carbons (Fsp3) is 0.879. The monoisotopic (exact) mass is 452 g/mol. The van der Waals surface area contributed by atoms with E-state index >= 15 is 0 Å².